The summed E-state index contributed by atoms with van der Waals surface area (Å²) in [6.45, 7) is 5.03. The van der Waals surface area contributed by atoms with Crippen molar-refractivity contribution in [1.82, 2.24) is 0 Å². The van der Waals surface area contributed by atoms with Gasteiger partial charge in [-0.25, -0.2) is 0 Å². The zero-order chi connectivity index (χ0) is 7.56. The van der Waals surface area contributed by atoms with Gasteiger partial charge in [-0.3, -0.25) is 0 Å². The number of halogens is 1. The van der Waals surface area contributed by atoms with Crippen molar-refractivity contribution < 1.29 is 0 Å². The molecule has 0 unspecified atom stereocenters. The van der Waals surface area contributed by atoms with Crippen molar-refractivity contribution in [2.45, 2.75) is 13.6 Å². The standard InChI is InChI=1S/C8H10BBr/c1-9(2)7-3-5-8(10)6-4-7/h3-6H,1-2H3. The molecule has 0 aliphatic rings. The third-order valence-corrected chi connectivity index (χ3v) is 2.07. The van der Waals surface area contributed by atoms with Crippen LogP contribution in [0.15, 0.2) is 28.7 Å². The molecule has 0 fully saturated rings. The smallest absolute Gasteiger partial charge is 0.0819 e. The molecule has 1 rings (SSSR count). The van der Waals surface area contributed by atoms with Gasteiger partial charge in [0.2, 0.25) is 0 Å². The summed E-state index contributed by atoms with van der Waals surface area (Å²) < 4.78 is 1.15. The molecule has 0 heterocycles. The lowest BCUT2D eigenvalue weighted by molar-refractivity contribution is 1.68. The van der Waals surface area contributed by atoms with Crippen molar-refractivity contribution in [2.24, 2.45) is 0 Å². The SMILES string of the molecule is CB(C)c1ccc(Br)cc1. The lowest BCUT2D eigenvalue weighted by Crippen LogP contribution is -2.21. The summed E-state index contributed by atoms with van der Waals surface area (Å²) in [4.78, 5) is 0. The van der Waals surface area contributed by atoms with E-state index in [0.717, 1.165) is 4.47 Å². The quantitative estimate of drug-likeness (QED) is 0.606. The highest BCUT2D eigenvalue weighted by atomic mass is 79.9. The second-order valence-corrected chi connectivity index (χ2v) is 3.62. The monoisotopic (exact) mass is 196 g/mol. The van der Waals surface area contributed by atoms with Crippen LogP contribution >= 0.6 is 15.9 Å². The molecule has 0 aliphatic carbocycles. The summed E-state index contributed by atoms with van der Waals surface area (Å²) in [6.07, 6.45) is 0. The van der Waals surface area contributed by atoms with Crippen LogP contribution in [-0.2, 0) is 0 Å². The first-order valence-corrected chi connectivity index (χ1v) is 4.25. The minimum Gasteiger partial charge on any atom is -0.0819 e. The molecule has 1 aromatic carbocycles. The maximum atomic E-state index is 3.39. The van der Waals surface area contributed by atoms with Crippen LogP contribution in [0, 0.1) is 0 Å². The van der Waals surface area contributed by atoms with Crippen molar-refractivity contribution in [3.05, 3.63) is 28.7 Å². The molecule has 52 valence electrons. The molecule has 1 aromatic rings. The van der Waals surface area contributed by atoms with Crippen LogP contribution < -0.4 is 5.46 Å². The first kappa shape index (κ1) is 7.87. The van der Waals surface area contributed by atoms with E-state index in [-0.39, 0.29) is 0 Å². The van der Waals surface area contributed by atoms with E-state index in [2.05, 4.69) is 53.8 Å². The summed E-state index contributed by atoms with van der Waals surface area (Å²) in [5.74, 6) is 0. The van der Waals surface area contributed by atoms with Gasteiger partial charge in [-0.2, -0.15) is 0 Å². The Morgan fingerprint density at radius 3 is 2.00 bits per heavy atom. The van der Waals surface area contributed by atoms with Gasteiger partial charge >= 0.3 is 0 Å². The van der Waals surface area contributed by atoms with Gasteiger partial charge in [0, 0.05) is 4.47 Å². The topological polar surface area (TPSA) is 0 Å². The molecule has 0 nitrogen and oxygen atoms in total. The third-order valence-electron chi connectivity index (χ3n) is 1.54. The molecule has 0 bridgehead atoms. The predicted octanol–water partition coefficient (Wildman–Crippen LogP) is 2.41. The zero-order valence-electron chi connectivity index (χ0n) is 6.26. The number of rotatable bonds is 1. The fraction of sp³-hybridized carbons (Fsp3) is 0.250. The van der Waals surface area contributed by atoms with Gasteiger partial charge in [-0.1, -0.05) is 47.2 Å². The molecule has 0 aliphatic heterocycles. The van der Waals surface area contributed by atoms with Gasteiger partial charge in [-0.05, 0) is 12.1 Å². The lowest BCUT2D eigenvalue weighted by Gasteiger charge is -2.00. The molecule has 0 saturated carbocycles. The molecule has 0 N–H and O–H groups in total. The van der Waals surface area contributed by atoms with E-state index in [9.17, 15) is 0 Å². The second-order valence-electron chi connectivity index (χ2n) is 2.71. The molecule has 0 aromatic heterocycles. The molecule has 0 radical (unpaired) electrons. The van der Waals surface area contributed by atoms with Crippen LogP contribution in [0.25, 0.3) is 0 Å². The highest BCUT2D eigenvalue weighted by molar-refractivity contribution is 9.10. The Balaban J connectivity index is 2.89. The Hall–Kier alpha value is -0.235. The van der Waals surface area contributed by atoms with E-state index < -0.39 is 0 Å². The highest BCUT2D eigenvalue weighted by Crippen LogP contribution is 2.05. The summed E-state index contributed by atoms with van der Waals surface area (Å²) in [7, 11) is 0. The van der Waals surface area contributed by atoms with Crippen LogP contribution in [0.1, 0.15) is 0 Å². The molecule has 0 spiro atoms. The van der Waals surface area contributed by atoms with Gasteiger partial charge in [0.15, 0.2) is 6.71 Å². The molecule has 2 heteroatoms. The van der Waals surface area contributed by atoms with Crippen molar-refractivity contribution in [1.29, 1.82) is 0 Å². The average molecular weight is 197 g/mol. The normalized spacial score (nSPS) is 9.50. The number of benzene rings is 1. The second kappa shape index (κ2) is 3.24. The number of hydrogen-bond acceptors (Lipinski definition) is 0. The van der Waals surface area contributed by atoms with E-state index in [1.807, 2.05) is 0 Å². The van der Waals surface area contributed by atoms with Gasteiger partial charge < -0.3 is 0 Å². The summed E-state index contributed by atoms with van der Waals surface area (Å²) in [5.41, 5.74) is 1.39. The van der Waals surface area contributed by atoms with Crippen LogP contribution in [0.4, 0.5) is 0 Å². The van der Waals surface area contributed by atoms with Crippen molar-refractivity contribution in [2.75, 3.05) is 0 Å². The Morgan fingerprint density at radius 1 is 1.10 bits per heavy atom. The van der Waals surface area contributed by atoms with Crippen molar-refractivity contribution in [3.8, 4) is 0 Å². The van der Waals surface area contributed by atoms with E-state index >= 15 is 0 Å². The minimum atomic E-state index is 0.632. The Morgan fingerprint density at radius 2 is 1.60 bits per heavy atom. The maximum absolute atomic E-state index is 3.39. The largest absolute Gasteiger partial charge is 0.169 e. The van der Waals surface area contributed by atoms with Gasteiger partial charge in [0.25, 0.3) is 0 Å². The zero-order valence-corrected chi connectivity index (χ0v) is 7.85. The van der Waals surface area contributed by atoms with Crippen LogP contribution in [0.3, 0.4) is 0 Å². The van der Waals surface area contributed by atoms with E-state index in [0.29, 0.717) is 6.71 Å². The Bertz CT molecular complexity index is 203. The first-order chi connectivity index (χ1) is 4.70. The average Bonchev–Trinajstić information content (AvgIpc) is 1.88. The Labute approximate surface area is 70.9 Å². The van der Waals surface area contributed by atoms with Crippen molar-refractivity contribution in [3.63, 3.8) is 0 Å². The molecule has 0 amide bonds. The maximum Gasteiger partial charge on any atom is 0.169 e. The fourth-order valence-electron chi connectivity index (χ4n) is 0.848. The summed E-state index contributed by atoms with van der Waals surface area (Å²) in [5, 5.41) is 0. The number of hydrogen-bond donors (Lipinski definition) is 0. The lowest BCUT2D eigenvalue weighted by atomic mass is 9.49. The van der Waals surface area contributed by atoms with Crippen LogP contribution in [0.5, 0.6) is 0 Å². The van der Waals surface area contributed by atoms with E-state index in [1.165, 1.54) is 5.46 Å². The third kappa shape index (κ3) is 1.88. The van der Waals surface area contributed by atoms with Crippen LogP contribution in [0.2, 0.25) is 13.6 Å². The van der Waals surface area contributed by atoms with Gasteiger partial charge in [0.05, 0.1) is 0 Å². The summed E-state index contributed by atoms with van der Waals surface area (Å²) in [6, 6.07) is 8.45. The van der Waals surface area contributed by atoms with Gasteiger partial charge in [-0.15, -0.1) is 0 Å². The molecule has 10 heavy (non-hydrogen) atoms. The first-order valence-electron chi connectivity index (χ1n) is 3.45. The highest BCUT2D eigenvalue weighted by Gasteiger charge is 2.00. The fourth-order valence-corrected chi connectivity index (χ4v) is 1.11. The predicted molar refractivity (Wildman–Crippen MR) is 51.3 cm³/mol. The van der Waals surface area contributed by atoms with Gasteiger partial charge in [0.1, 0.15) is 0 Å². The molecule has 0 atom stereocenters. The van der Waals surface area contributed by atoms with Crippen molar-refractivity contribution >= 4 is 28.1 Å². The molecular formula is C8H10BBr. The molecule has 0 saturated heterocycles. The van der Waals surface area contributed by atoms with E-state index in [4.69, 9.17) is 0 Å². The van der Waals surface area contributed by atoms with E-state index in [1.54, 1.807) is 0 Å². The molecular weight excluding hydrogens is 187 g/mol. The Kier molecular flexibility index (Phi) is 2.55. The minimum absolute atomic E-state index is 0.632. The van der Waals surface area contributed by atoms with Crippen LogP contribution in [-0.4, -0.2) is 6.71 Å². The summed E-state index contributed by atoms with van der Waals surface area (Å²) >= 11 is 3.39.